The lowest BCUT2D eigenvalue weighted by Crippen LogP contribution is -2.32. The Morgan fingerprint density at radius 1 is 1.20 bits per heavy atom. The number of amidine groups is 1. The first-order valence-electron chi connectivity index (χ1n) is 9.00. The van der Waals surface area contributed by atoms with Crippen LogP contribution < -0.4 is 21.7 Å². The summed E-state index contributed by atoms with van der Waals surface area (Å²) in [6.07, 6.45) is 1.25. The maximum absolute atomic E-state index is 10.3. The molecule has 14 heteroatoms. The van der Waals surface area contributed by atoms with E-state index in [9.17, 15) is 18.6 Å². The third-order valence-corrected chi connectivity index (χ3v) is 3.12. The minimum atomic E-state index is -1.48. The number of hydroxylamine groups is 1. The van der Waals surface area contributed by atoms with E-state index in [4.69, 9.17) is 5.11 Å². The number of carbonyl (C=O) groups is 1. The number of carbonyl (C=O) groups excluding carboxylic acids is 1. The number of tetrazole rings is 1. The molecular formula is C16H29N7O6S. The van der Waals surface area contributed by atoms with Crippen molar-refractivity contribution in [3.8, 4) is 5.75 Å². The first-order chi connectivity index (χ1) is 14.1. The van der Waals surface area contributed by atoms with Gasteiger partial charge in [0.25, 0.3) is 5.43 Å². The number of hydrogen-bond donors (Lipinski definition) is 4. The summed E-state index contributed by atoms with van der Waals surface area (Å²) in [6.45, 7) is 13.1. The third-order valence-electron chi connectivity index (χ3n) is 2.47. The van der Waals surface area contributed by atoms with Crippen molar-refractivity contribution >= 4 is 23.0 Å². The number of aromatic nitrogens is 4. The van der Waals surface area contributed by atoms with Gasteiger partial charge in [-0.05, 0) is 13.8 Å². The molecule has 1 aliphatic heterocycles. The summed E-state index contributed by atoms with van der Waals surface area (Å²) in [5, 5.41) is 23.8. The summed E-state index contributed by atoms with van der Waals surface area (Å²) >= 11 is -1.48. The van der Waals surface area contributed by atoms with E-state index in [1.165, 1.54) is 20.3 Å². The Labute approximate surface area is 176 Å². The standard InChI is InChI=1S/C5H4O3.C4H7N5O.C3H8.C2H4N2O2S.C2H6/c1-2-3(6)5(8)4(2)7;1-3(10)5-2-4-6-8-9-7-4;1-3-2;1-2-3-6-7(5)4-2;1-2/h6H,1H3;2H2,1H3,(H,5,10)(H,6,7,8,9);3H2,1-2H3;1H3,(H,3,4);1-2H3. The summed E-state index contributed by atoms with van der Waals surface area (Å²) in [4.78, 5) is 30.7. The smallest absolute Gasteiger partial charge is 0.309 e. The second-order valence-electron chi connectivity index (χ2n) is 5.16. The molecule has 170 valence electrons. The molecule has 1 atom stereocenters. The van der Waals surface area contributed by atoms with Crippen molar-refractivity contribution in [2.75, 3.05) is 0 Å². The van der Waals surface area contributed by atoms with E-state index < -0.39 is 22.1 Å². The molecule has 1 aliphatic rings. The number of H-pyrrole nitrogens is 1. The molecule has 1 unspecified atom stereocenters. The minimum Gasteiger partial charge on any atom is -0.504 e. The fraction of sp³-hybridized carbons (Fsp3) is 0.562. The highest BCUT2D eigenvalue weighted by molar-refractivity contribution is 7.79. The van der Waals surface area contributed by atoms with Crippen molar-refractivity contribution in [3.63, 3.8) is 0 Å². The Bertz CT molecular complexity index is 830. The SMILES string of the molecule is CC.CC(=O)NCc1nn[nH]n1.CC1=NS(=O)ON1.CCC.Cc1c(O)c(=O)c1=O. The molecule has 1 aromatic heterocycles. The molecule has 2 aromatic rings. The number of hydrogen-bond acceptors (Lipinski definition) is 10. The predicted octanol–water partition coefficient (Wildman–Crippen LogP) is 0.0932. The Morgan fingerprint density at radius 2 is 1.77 bits per heavy atom. The van der Waals surface area contributed by atoms with E-state index >= 15 is 0 Å². The van der Waals surface area contributed by atoms with Gasteiger partial charge in [-0.1, -0.05) is 39.3 Å². The Morgan fingerprint density at radius 3 is 2.00 bits per heavy atom. The van der Waals surface area contributed by atoms with E-state index in [0.717, 1.165) is 0 Å². The van der Waals surface area contributed by atoms with E-state index in [1.54, 1.807) is 6.92 Å². The zero-order valence-electron chi connectivity index (χ0n) is 18.1. The van der Waals surface area contributed by atoms with Crippen LogP contribution in [0.1, 0.15) is 59.4 Å². The van der Waals surface area contributed by atoms with Gasteiger partial charge in [0.15, 0.2) is 11.6 Å². The normalized spacial score (nSPS) is 13.4. The third kappa shape index (κ3) is 12.5. The van der Waals surface area contributed by atoms with Gasteiger partial charge < -0.3 is 10.4 Å². The van der Waals surface area contributed by atoms with Crippen molar-refractivity contribution in [3.05, 3.63) is 31.8 Å². The van der Waals surface area contributed by atoms with Gasteiger partial charge in [-0.15, -0.1) is 14.6 Å². The maximum atomic E-state index is 10.3. The van der Waals surface area contributed by atoms with Crippen LogP contribution in [0.15, 0.2) is 14.0 Å². The number of nitrogens with zero attached hydrogens (tertiary/aromatic N) is 4. The molecule has 0 saturated carbocycles. The van der Waals surface area contributed by atoms with Gasteiger partial charge >= 0.3 is 11.3 Å². The number of aromatic amines is 1. The van der Waals surface area contributed by atoms with Crippen LogP contribution in [-0.2, 0) is 26.9 Å². The van der Waals surface area contributed by atoms with Crippen LogP contribution in [0.5, 0.6) is 5.75 Å². The Hall–Kier alpha value is -3.00. The lowest BCUT2D eigenvalue weighted by Gasteiger charge is -1.94. The predicted molar refractivity (Wildman–Crippen MR) is 112 cm³/mol. The topological polar surface area (TPSA) is 189 Å². The number of aromatic hydroxyl groups is 1. The summed E-state index contributed by atoms with van der Waals surface area (Å²) in [6, 6.07) is 0. The quantitative estimate of drug-likeness (QED) is 0.459. The zero-order valence-corrected chi connectivity index (χ0v) is 18.9. The van der Waals surface area contributed by atoms with Gasteiger partial charge in [0.2, 0.25) is 11.3 Å². The van der Waals surface area contributed by atoms with Crippen LogP contribution >= 0.6 is 0 Å². The molecule has 0 saturated heterocycles. The molecule has 0 aliphatic carbocycles. The Balaban J connectivity index is 0. The molecule has 0 fully saturated rings. The summed E-state index contributed by atoms with van der Waals surface area (Å²) < 4.78 is 17.8. The van der Waals surface area contributed by atoms with Crippen LogP contribution in [-0.4, -0.2) is 41.7 Å². The van der Waals surface area contributed by atoms with E-state index in [1.807, 2.05) is 13.8 Å². The molecule has 4 N–H and O–H groups in total. The molecule has 13 nitrogen and oxygen atoms in total. The van der Waals surface area contributed by atoms with Crippen molar-refractivity contribution in [2.45, 2.75) is 61.4 Å². The van der Waals surface area contributed by atoms with Gasteiger partial charge in [0.05, 0.1) is 6.54 Å². The molecular weight excluding hydrogens is 418 g/mol. The minimum absolute atomic E-state index is 0.107. The first-order valence-corrected chi connectivity index (χ1v) is 10.0. The van der Waals surface area contributed by atoms with Gasteiger partial charge in [0, 0.05) is 12.5 Å². The maximum Gasteiger partial charge on any atom is 0.309 e. The van der Waals surface area contributed by atoms with Gasteiger partial charge in [0.1, 0.15) is 5.84 Å². The molecule has 0 spiro atoms. The molecule has 3 rings (SSSR count). The van der Waals surface area contributed by atoms with E-state index in [2.05, 4.69) is 54.0 Å². The summed E-state index contributed by atoms with van der Waals surface area (Å²) in [5.74, 6) is 0.549. The number of rotatable bonds is 2. The largest absolute Gasteiger partial charge is 0.504 e. The van der Waals surface area contributed by atoms with Crippen molar-refractivity contribution < 1.29 is 18.4 Å². The van der Waals surface area contributed by atoms with Crippen molar-refractivity contribution in [2.24, 2.45) is 4.40 Å². The highest BCUT2D eigenvalue weighted by Gasteiger charge is 2.13. The van der Waals surface area contributed by atoms with Gasteiger partial charge in [-0.25, -0.2) is 9.69 Å². The molecule has 0 bridgehead atoms. The molecule has 0 radical (unpaired) electrons. The van der Waals surface area contributed by atoms with Gasteiger partial charge in [-0.2, -0.15) is 9.50 Å². The lowest BCUT2D eigenvalue weighted by atomic mass is 10.1. The molecule has 1 aromatic carbocycles. The van der Waals surface area contributed by atoms with Crippen molar-refractivity contribution in [1.82, 2.24) is 31.4 Å². The fourth-order valence-corrected chi connectivity index (χ4v) is 1.69. The molecule has 2 heterocycles. The summed E-state index contributed by atoms with van der Waals surface area (Å²) in [5.41, 5.74) is 1.17. The molecule has 30 heavy (non-hydrogen) atoms. The van der Waals surface area contributed by atoms with E-state index in [-0.39, 0.29) is 17.2 Å². The van der Waals surface area contributed by atoms with E-state index in [0.29, 0.717) is 18.2 Å². The van der Waals surface area contributed by atoms with Crippen LogP contribution in [0.4, 0.5) is 0 Å². The van der Waals surface area contributed by atoms with Crippen LogP contribution in [0, 0.1) is 6.92 Å². The first kappa shape index (κ1) is 29.2. The highest BCUT2D eigenvalue weighted by atomic mass is 32.2. The lowest BCUT2D eigenvalue weighted by molar-refractivity contribution is -0.119. The van der Waals surface area contributed by atoms with Crippen molar-refractivity contribution in [1.29, 1.82) is 0 Å². The fourth-order valence-electron chi connectivity index (χ4n) is 1.20. The van der Waals surface area contributed by atoms with Gasteiger partial charge in [-0.3, -0.25) is 14.4 Å². The molecule has 1 amide bonds. The monoisotopic (exact) mass is 447 g/mol. The number of amides is 1. The highest BCUT2D eigenvalue weighted by Crippen LogP contribution is 2.03. The van der Waals surface area contributed by atoms with Crippen LogP contribution in [0.3, 0.4) is 0 Å². The Kier molecular flexibility index (Phi) is 16.5. The number of nitrogens with one attached hydrogen (secondary N) is 3. The van der Waals surface area contributed by atoms with Crippen LogP contribution in [0.2, 0.25) is 0 Å². The summed E-state index contributed by atoms with van der Waals surface area (Å²) in [7, 11) is 0. The average molecular weight is 448 g/mol. The second-order valence-corrected chi connectivity index (χ2v) is 5.94. The zero-order chi connectivity index (χ0) is 23.7. The average Bonchev–Trinajstić information content (AvgIpc) is 3.39. The second kappa shape index (κ2) is 16.9. The van der Waals surface area contributed by atoms with Crippen LogP contribution in [0.25, 0.3) is 0 Å².